The average Bonchev–Trinajstić information content (AvgIpc) is 2.00. The molecule has 2 aliphatic heterocycles. The number of allylic oxidation sites excluding steroid dienone is 2. The summed E-state index contributed by atoms with van der Waals surface area (Å²) < 4.78 is 0. The molecule has 3 aliphatic rings. The minimum atomic E-state index is 0.710. The van der Waals surface area contributed by atoms with Crippen LogP contribution in [0.4, 0.5) is 0 Å². The molecule has 0 aromatic carbocycles. The third-order valence-electron chi connectivity index (χ3n) is 3.90. The molecular weight excluding hydrogens is 160 g/mol. The Labute approximate surface area is 80.0 Å². The van der Waals surface area contributed by atoms with E-state index in [4.69, 9.17) is 0 Å². The summed E-state index contributed by atoms with van der Waals surface area (Å²) in [6, 6.07) is 0. The lowest BCUT2D eigenvalue weighted by Gasteiger charge is -2.55. The fourth-order valence-electron chi connectivity index (χ4n) is 2.80. The van der Waals surface area contributed by atoms with E-state index in [1.165, 1.54) is 51.9 Å². The Bertz CT molecular complexity index is 230. The lowest BCUT2D eigenvalue weighted by Crippen LogP contribution is -2.59. The highest BCUT2D eigenvalue weighted by atomic mass is 15.2. The van der Waals surface area contributed by atoms with Gasteiger partial charge in [0.1, 0.15) is 0 Å². The Morgan fingerprint density at radius 3 is 2.46 bits per heavy atom. The minimum Gasteiger partial charge on any atom is -0.374 e. The average molecular weight is 178 g/mol. The van der Waals surface area contributed by atoms with Crippen LogP contribution in [0.15, 0.2) is 11.8 Å². The highest BCUT2D eigenvalue weighted by Crippen LogP contribution is 2.42. The van der Waals surface area contributed by atoms with Crippen LogP contribution in [0, 0.1) is 5.41 Å². The van der Waals surface area contributed by atoms with Crippen LogP contribution >= 0.6 is 0 Å². The summed E-state index contributed by atoms with van der Waals surface area (Å²) in [7, 11) is 0. The van der Waals surface area contributed by atoms with Crippen molar-refractivity contribution < 1.29 is 0 Å². The van der Waals surface area contributed by atoms with Gasteiger partial charge in [-0.15, -0.1) is 0 Å². The second-order valence-electron chi connectivity index (χ2n) is 4.84. The van der Waals surface area contributed by atoms with Crippen molar-refractivity contribution in [3.63, 3.8) is 0 Å². The van der Waals surface area contributed by atoms with Gasteiger partial charge in [-0.25, -0.2) is 0 Å². The zero-order valence-corrected chi connectivity index (χ0v) is 8.18. The maximum atomic E-state index is 3.45. The first-order valence-electron chi connectivity index (χ1n) is 5.53. The Morgan fingerprint density at radius 1 is 1.23 bits per heavy atom. The minimum absolute atomic E-state index is 0.710. The molecule has 3 rings (SSSR count). The van der Waals surface area contributed by atoms with E-state index in [2.05, 4.69) is 16.3 Å². The highest BCUT2D eigenvalue weighted by molar-refractivity contribution is 5.16. The number of nitrogens with one attached hydrogen (secondary N) is 1. The van der Waals surface area contributed by atoms with Gasteiger partial charge in [0.25, 0.3) is 0 Å². The molecule has 13 heavy (non-hydrogen) atoms. The number of hydrogen-bond donors (Lipinski definition) is 1. The van der Waals surface area contributed by atoms with E-state index in [1.54, 1.807) is 5.70 Å². The summed E-state index contributed by atoms with van der Waals surface area (Å²) in [4.78, 5) is 2.59. The van der Waals surface area contributed by atoms with Crippen molar-refractivity contribution in [1.82, 2.24) is 10.2 Å². The predicted molar refractivity (Wildman–Crippen MR) is 53.4 cm³/mol. The van der Waals surface area contributed by atoms with Crippen molar-refractivity contribution in [3.05, 3.63) is 11.8 Å². The van der Waals surface area contributed by atoms with Crippen molar-refractivity contribution in [2.24, 2.45) is 5.41 Å². The van der Waals surface area contributed by atoms with Crippen molar-refractivity contribution in [2.75, 3.05) is 26.2 Å². The third-order valence-corrected chi connectivity index (χ3v) is 3.90. The monoisotopic (exact) mass is 178 g/mol. The topological polar surface area (TPSA) is 15.3 Å². The molecule has 0 atom stereocenters. The third kappa shape index (κ3) is 1.19. The summed E-state index contributed by atoms with van der Waals surface area (Å²) in [6.45, 7) is 5.18. The lowest BCUT2D eigenvalue weighted by atomic mass is 9.71. The van der Waals surface area contributed by atoms with Crippen LogP contribution in [0.25, 0.3) is 0 Å². The van der Waals surface area contributed by atoms with Crippen LogP contribution in [0.2, 0.25) is 0 Å². The van der Waals surface area contributed by atoms with Gasteiger partial charge in [0.15, 0.2) is 0 Å². The van der Waals surface area contributed by atoms with Crippen LogP contribution in [-0.4, -0.2) is 31.1 Å². The van der Waals surface area contributed by atoms with Crippen LogP contribution in [0.3, 0.4) is 0 Å². The van der Waals surface area contributed by atoms with E-state index in [0.717, 1.165) is 0 Å². The molecule has 2 heteroatoms. The second kappa shape index (κ2) is 2.74. The van der Waals surface area contributed by atoms with Gasteiger partial charge >= 0.3 is 0 Å². The molecule has 1 aliphatic carbocycles. The van der Waals surface area contributed by atoms with E-state index >= 15 is 0 Å². The van der Waals surface area contributed by atoms with E-state index in [1.807, 2.05) is 0 Å². The summed E-state index contributed by atoms with van der Waals surface area (Å²) in [5.74, 6) is 0. The zero-order valence-electron chi connectivity index (χ0n) is 8.18. The van der Waals surface area contributed by atoms with Gasteiger partial charge in [0.2, 0.25) is 0 Å². The Balaban J connectivity index is 1.60. The SMILES string of the molecule is C1=C(N2CC3(CCNCC3)C2)CC1. The predicted octanol–water partition coefficient (Wildman–Crippen LogP) is 1.35. The molecule has 0 radical (unpaired) electrons. The van der Waals surface area contributed by atoms with Gasteiger partial charge < -0.3 is 10.2 Å². The van der Waals surface area contributed by atoms with Gasteiger partial charge in [-0.3, -0.25) is 0 Å². The maximum Gasteiger partial charge on any atom is 0.0249 e. The smallest absolute Gasteiger partial charge is 0.0249 e. The molecule has 0 aromatic heterocycles. The molecule has 0 saturated carbocycles. The van der Waals surface area contributed by atoms with Crippen molar-refractivity contribution in [1.29, 1.82) is 0 Å². The first-order valence-corrected chi connectivity index (χ1v) is 5.53. The molecule has 1 spiro atoms. The molecule has 2 nitrogen and oxygen atoms in total. The first-order chi connectivity index (χ1) is 6.38. The molecule has 0 aromatic rings. The zero-order chi connectivity index (χ0) is 8.73. The Morgan fingerprint density at radius 2 is 1.92 bits per heavy atom. The second-order valence-corrected chi connectivity index (χ2v) is 4.84. The van der Waals surface area contributed by atoms with E-state index in [-0.39, 0.29) is 0 Å². The number of nitrogens with zero attached hydrogens (tertiary/aromatic N) is 1. The quantitative estimate of drug-likeness (QED) is 0.652. The first kappa shape index (κ1) is 7.86. The summed E-state index contributed by atoms with van der Waals surface area (Å²) in [5.41, 5.74) is 2.34. The molecule has 2 saturated heterocycles. The molecular formula is C11H18N2. The molecule has 0 bridgehead atoms. The molecule has 2 fully saturated rings. The number of likely N-dealkylation sites (tertiary alicyclic amines) is 1. The molecule has 72 valence electrons. The Hall–Kier alpha value is -0.500. The summed E-state index contributed by atoms with van der Waals surface area (Å²) in [6.07, 6.45) is 7.86. The Kier molecular flexibility index (Phi) is 1.66. The normalized spacial score (nSPS) is 30.8. The van der Waals surface area contributed by atoms with Gasteiger partial charge in [0, 0.05) is 24.2 Å². The van der Waals surface area contributed by atoms with Crippen LogP contribution in [0.5, 0.6) is 0 Å². The lowest BCUT2D eigenvalue weighted by molar-refractivity contribution is -0.00300. The van der Waals surface area contributed by atoms with Crippen LogP contribution < -0.4 is 5.32 Å². The standard InChI is InChI=1S/C11H18N2/c1-2-10(3-1)13-8-11(9-13)4-6-12-7-5-11/h2,12H,1,3-9H2. The fraction of sp³-hybridized carbons (Fsp3) is 0.818. The molecule has 1 N–H and O–H groups in total. The number of rotatable bonds is 1. The van der Waals surface area contributed by atoms with E-state index in [9.17, 15) is 0 Å². The number of hydrogen-bond acceptors (Lipinski definition) is 2. The van der Waals surface area contributed by atoms with Crippen LogP contribution in [-0.2, 0) is 0 Å². The van der Waals surface area contributed by atoms with Gasteiger partial charge in [0.05, 0.1) is 0 Å². The molecule has 2 heterocycles. The maximum absolute atomic E-state index is 3.45. The largest absolute Gasteiger partial charge is 0.374 e. The van der Waals surface area contributed by atoms with Crippen molar-refractivity contribution in [3.8, 4) is 0 Å². The van der Waals surface area contributed by atoms with Crippen LogP contribution in [0.1, 0.15) is 25.7 Å². The van der Waals surface area contributed by atoms with Gasteiger partial charge in [-0.05, 0) is 38.8 Å². The summed E-state index contributed by atoms with van der Waals surface area (Å²) >= 11 is 0. The summed E-state index contributed by atoms with van der Waals surface area (Å²) in [5, 5.41) is 3.45. The number of piperidine rings is 1. The van der Waals surface area contributed by atoms with E-state index in [0.29, 0.717) is 5.41 Å². The molecule has 0 unspecified atom stereocenters. The van der Waals surface area contributed by atoms with E-state index < -0.39 is 0 Å². The van der Waals surface area contributed by atoms with Crippen molar-refractivity contribution in [2.45, 2.75) is 25.7 Å². The van der Waals surface area contributed by atoms with Gasteiger partial charge in [-0.2, -0.15) is 0 Å². The fourth-order valence-corrected chi connectivity index (χ4v) is 2.80. The highest BCUT2D eigenvalue weighted by Gasteiger charge is 2.44. The van der Waals surface area contributed by atoms with Gasteiger partial charge in [-0.1, -0.05) is 6.08 Å². The van der Waals surface area contributed by atoms with Crippen molar-refractivity contribution >= 4 is 0 Å². The molecule has 0 amide bonds.